The summed E-state index contributed by atoms with van der Waals surface area (Å²) < 4.78 is 0. The molecule has 7 nitrogen and oxygen atoms in total. The van der Waals surface area contributed by atoms with E-state index in [0.717, 1.165) is 16.7 Å². The van der Waals surface area contributed by atoms with E-state index in [-0.39, 0.29) is 36.9 Å². The van der Waals surface area contributed by atoms with Crippen LogP contribution in [0.25, 0.3) is 11.1 Å². The molecule has 162 valence electrons. The number of amides is 3. The van der Waals surface area contributed by atoms with Gasteiger partial charge in [0, 0.05) is 12.6 Å². The molecule has 3 N–H and O–H groups in total. The molecule has 3 aromatic rings. The molecule has 2 atom stereocenters. The number of hydrogen-bond acceptors (Lipinski definition) is 5. The fourth-order valence-corrected chi connectivity index (χ4v) is 4.89. The molecule has 3 heterocycles. The Kier molecular flexibility index (Phi) is 5.24. The molecular weight excluding hydrogens is 426 g/mol. The SMILES string of the molecule is O=C(N[C@H]1C[C@H]2C(=O)Nc3ccc(-c4ccc(CO)cc4)cc3C(=O)N2C1)c1cccs1. The van der Waals surface area contributed by atoms with Gasteiger partial charge < -0.3 is 20.6 Å². The van der Waals surface area contributed by atoms with E-state index < -0.39 is 6.04 Å². The minimum Gasteiger partial charge on any atom is -0.392 e. The van der Waals surface area contributed by atoms with Crippen molar-refractivity contribution in [2.45, 2.75) is 25.1 Å². The van der Waals surface area contributed by atoms with E-state index in [1.54, 1.807) is 23.1 Å². The molecule has 3 amide bonds. The molecule has 0 unspecified atom stereocenters. The van der Waals surface area contributed by atoms with Crippen LogP contribution in [0.3, 0.4) is 0 Å². The van der Waals surface area contributed by atoms with Crippen molar-refractivity contribution in [3.63, 3.8) is 0 Å². The van der Waals surface area contributed by atoms with Crippen LogP contribution in [-0.4, -0.2) is 46.4 Å². The zero-order valence-corrected chi connectivity index (χ0v) is 17.9. The molecule has 0 bridgehead atoms. The maximum Gasteiger partial charge on any atom is 0.261 e. The number of hydrogen-bond donors (Lipinski definition) is 3. The highest BCUT2D eigenvalue weighted by atomic mass is 32.1. The Morgan fingerprint density at radius 3 is 2.62 bits per heavy atom. The van der Waals surface area contributed by atoms with Gasteiger partial charge in [-0.3, -0.25) is 14.4 Å². The van der Waals surface area contributed by atoms with Crippen LogP contribution in [0.4, 0.5) is 5.69 Å². The second-order valence-electron chi connectivity index (χ2n) is 7.96. The summed E-state index contributed by atoms with van der Waals surface area (Å²) in [5.74, 6) is -0.667. The summed E-state index contributed by atoms with van der Waals surface area (Å²) in [4.78, 5) is 40.8. The van der Waals surface area contributed by atoms with Gasteiger partial charge in [-0.1, -0.05) is 36.4 Å². The Labute approximate surface area is 188 Å². The number of fused-ring (bicyclic) bond motifs is 2. The average Bonchev–Trinajstić information content (AvgIpc) is 3.48. The number of carbonyl (C=O) groups excluding carboxylic acids is 3. The molecule has 2 aliphatic heterocycles. The molecule has 8 heteroatoms. The first-order chi connectivity index (χ1) is 15.5. The van der Waals surface area contributed by atoms with E-state index in [4.69, 9.17) is 0 Å². The minimum atomic E-state index is -0.629. The molecule has 1 aromatic heterocycles. The van der Waals surface area contributed by atoms with Crippen molar-refractivity contribution in [3.8, 4) is 11.1 Å². The number of carbonyl (C=O) groups is 3. The maximum atomic E-state index is 13.4. The smallest absolute Gasteiger partial charge is 0.261 e. The summed E-state index contributed by atoms with van der Waals surface area (Å²) in [5, 5.41) is 16.9. The van der Waals surface area contributed by atoms with Crippen LogP contribution < -0.4 is 10.6 Å². The summed E-state index contributed by atoms with van der Waals surface area (Å²) in [7, 11) is 0. The fraction of sp³-hybridized carbons (Fsp3) is 0.208. The summed E-state index contributed by atoms with van der Waals surface area (Å²) in [5.41, 5.74) is 3.48. The highest BCUT2D eigenvalue weighted by molar-refractivity contribution is 7.12. The highest BCUT2D eigenvalue weighted by Gasteiger charge is 2.43. The lowest BCUT2D eigenvalue weighted by Gasteiger charge is -2.20. The molecule has 0 aliphatic carbocycles. The van der Waals surface area contributed by atoms with Gasteiger partial charge in [-0.25, -0.2) is 0 Å². The van der Waals surface area contributed by atoms with Gasteiger partial charge in [0.15, 0.2) is 0 Å². The fourth-order valence-electron chi connectivity index (χ4n) is 4.26. The van der Waals surface area contributed by atoms with Crippen LogP contribution in [0, 0.1) is 0 Å². The lowest BCUT2D eigenvalue weighted by atomic mass is 10.00. The molecule has 1 saturated heterocycles. The minimum absolute atomic E-state index is 0.0322. The number of thiophene rings is 1. The zero-order chi connectivity index (χ0) is 22.2. The van der Waals surface area contributed by atoms with Crippen molar-refractivity contribution in [2.75, 3.05) is 11.9 Å². The van der Waals surface area contributed by atoms with Crippen molar-refractivity contribution < 1.29 is 19.5 Å². The Hall–Kier alpha value is -3.49. The third kappa shape index (κ3) is 3.68. The normalized spacial score (nSPS) is 19.7. The lowest BCUT2D eigenvalue weighted by Crippen LogP contribution is -2.41. The van der Waals surface area contributed by atoms with Crippen LogP contribution in [0.2, 0.25) is 0 Å². The highest BCUT2D eigenvalue weighted by Crippen LogP contribution is 2.32. The zero-order valence-electron chi connectivity index (χ0n) is 17.1. The standard InChI is InChI=1S/C24H21N3O4S/c28-13-14-3-5-15(6-4-14)16-7-8-19-18(10-16)24(31)27-12-17(11-20(27)22(29)26-19)25-23(30)21-2-1-9-32-21/h1-10,17,20,28H,11-13H2,(H,25,30)(H,26,29)/t17-,20-/m0/s1. The van der Waals surface area contributed by atoms with E-state index >= 15 is 0 Å². The van der Waals surface area contributed by atoms with Gasteiger partial charge in [-0.15, -0.1) is 11.3 Å². The third-order valence-electron chi connectivity index (χ3n) is 5.92. The Bertz CT molecular complexity index is 1190. The van der Waals surface area contributed by atoms with Crippen LogP contribution in [0.15, 0.2) is 60.0 Å². The maximum absolute atomic E-state index is 13.4. The first-order valence-electron chi connectivity index (χ1n) is 10.3. The number of aliphatic hydroxyl groups excluding tert-OH is 1. The lowest BCUT2D eigenvalue weighted by molar-refractivity contribution is -0.119. The van der Waals surface area contributed by atoms with Crippen molar-refractivity contribution in [3.05, 3.63) is 76.0 Å². The number of aliphatic hydroxyl groups is 1. The first kappa shape index (κ1) is 20.4. The topological polar surface area (TPSA) is 98.7 Å². The Morgan fingerprint density at radius 1 is 1.12 bits per heavy atom. The average molecular weight is 448 g/mol. The van der Waals surface area contributed by atoms with Gasteiger partial charge >= 0.3 is 0 Å². The number of rotatable bonds is 4. The number of nitrogens with one attached hydrogen (secondary N) is 2. The van der Waals surface area contributed by atoms with Crippen LogP contribution in [0.5, 0.6) is 0 Å². The van der Waals surface area contributed by atoms with Gasteiger partial charge in [0.2, 0.25) is 5.91 Å². The second kappa shape index (κ2) is 8.22. The molecule has 32 heavy (non-hydrogen) atoms. The van der Waals surface area contributed by atoms with Crippen LogP contribution >= 0.6 is 11.3 Å². The molecule has 2 aromatic carbocycles. The molecule has 2 aliphatic rings. The monoisotopic (exact) mass is 447 g/mol. The van der Waals surface area contributed by atoms with Gasteiger partial charge in [-0.05, 0) is 46.7 Å². The van der Waals surface area contributed by atoms with Crippen molar-refractivity contribution in [2.24, 2.45) is 0 Å². The number of benzene rings is 2. The van der Waals surface area contributed by atoms with Crippen molar-refractivity contribution in [1.29, 1.82) is 0 Å². The van der Waals surface area contributed by atoms with Gasteiger partial charge in [-0.2, -0.15) is 0 Å². The first-order valence-corrected chi connectivity index (χ1v) is 11.2. The molecule has 5 rings (SSSR count). The largest absolute Gasteiger partial charge is 0.392 e. The predicted molar refractivity (Wildman–Crippen MR) is 121 cm³/mol. The quantitative estimate of drug-likeness (QED) is 0.573. The van der Waals surface area contributed by atoms with Crippen molar-refractivity contribution >= 4 is 34.7 Å². The van der Waals surface area contributed by atoms with E-state index in [0.29, 0.717) is 22.5 Å². The predicted octanol–water partition coefficient (Wildman–Crippen LogP) is 2.87. The molecule has 0 spiro atoms. The van der Waals surface area contributed by atoms with Crippen molar-refractivity contribution in [1.82, 2.24) is 10.2 Å². The summed E-state index contributed by atoms with van der Waals surface area (Å²) in [6.07, 6.45) is 0.373. The summed E-state index contributed by atoms with van der Waals surface area (Å²) in [6.45, 7) is 0.248. The number of nitrogens with zero attached hydrogens (tertiary/aromatic N) is 1. The molecule has 0 radical (unpaired) electrons. The van der Waals surface area contributed by atoms with E-state index in [2.05, 4.69) is 10.6 Å². The Morgan fingerprint density at radius 2 is 1.91 bits per heavy atom. The van der Waals surface area contributed by atoms with Gasteiger partial charge in [0.05, 0.1) is 22.7 Å². The van der Waals surface area contributed by atoms with Gasteiger partial charge in [0.25, 0.3) is 11.8 Å². The van der Waals surface area contributed by atoms with E-state index in [1.165, 1.54) is 11.3 Å². The van der Waals surface area contributed by atoms with Crippen LogP contribution in [0.1, 0.15) is 32.0 Å². The molecule has 0 saturated carbocycles. The summed E-state index contributed by atoms with van der Waals surface area (Å²) in [6, 6.07) is 15.5. The van der Waals surface area contributed by atoms with Gasteiger partial charge in [0.1, 0.15) is 6.04 Å². The number of anilines is 1. The van der Waals surface area contributed by atoms with Crippen LogP contribution in [-0.2, 0) is 11.4 Å². The van der Waals surface area contributed by atoms with E-state index in [9.17, 15) is 19.5 Å². The molecule has 1 fully saturated rings. The Balaban J connectivity index is 1.40. The summed E-state index contributed by atoms with van der Waals surface area (Å²) >= 11 is 1.35. The third-order valence-corrected chi connectivity index (χ3v) is 6.79. The van der Waals surface area contributed by atoms with E-state index in [1.807, 2.05) is 41.8 Å². The second-order valence-corrected chi connectivity index (χ2v) is 8.91. The molecular formula is C24H21N3O4S.